The molecule has 10 heteroatoms. The Morgan fingerprint density at radius 2 is 1.87 bits per heavy atom. The molecule has 0 aliphatic carbocycles. The van der Waals surface area contributed by atoms with Crippen LogP contribution in [0.25, 0.3) is 22.8 Å². The van der Waals surface area contributed by atoms with Crippen molar-refractivity contribution in [2.45, 2.75) is 33.4 Å². The summed E-state index contributed by atoms with van der Waals surface area (Å²) < 4.78 is 24.2. The normalized spacial score (nSPS) is 12.0. The fraction of sp³-hybridized carbons (Fsp3) is 0.238. The van der Waals surface area contributed by atoms with Crippen LogP contribution in [0.4, 0.5) is 4.39 Å². The van der Waals surface area contributed by atoms with Gasteiger partial charge in [0.15, 0.2) is 12.6 Å². The molecule has 2 heterocycles. The molecular formula is C21H19FN6O3. The Morgan fingerprint density at radius 1 is 1.13 bits per heavy atom. The van der Waals surface area contributed by atoms with Gasteiger partial charge < -0.3 is 9.26 Å². The lowest BCUT2D eigenvalue weighted by Crippen LogP contribution is -2.17. The molecule has 31 heavy (non-hydrogen) atoms. The van der Waals surface area contributed by atoms with E-state index >= 15 is 0 Å². The van der Waals surface area contributed by atoms with Gasteiger partial charge in [-0.3, -0.25) is 0 Å². The van der Waals surface area contributed by atoms with Crippen LogP contribution < -0.4 is 0 Å². The van der Waals surface area contributed by atoms with Crippen LogP contribution in [0.3, 0.4) is 0 Å². The van der Waals surface area contributed by atoms with Gasteiger partial charge in [0.2, 0.25) is 11.6 Å². The van der Waals surface area contributed by atoms with E-state index in [0.717, 1.165) is 15.9 Å². The first kappa shape index (κ1) is 20.3. The first-order valence-electron chi connectivity index (χ1n) is 9.53. The second-order valence-electron chi connectivity index (χ2n) is 7.06. The van der Waals surface area contributed by atoms with E-state index in [1.165, 1.54) is 6.07 Å². The number of rotatable bonds is 6. The number of nitrogens with zero attached hydrogens (tertiary/aromatic N) is 6. The van der Waals surface area contributed by atoms with Crippen molar-refractivity contribution >= 4 is 5.97 Å². The summed E-state index contributed by atoms with van der Waals surface area (Å²) in [5.74, 6) is -0.253. The number of benzene rings is 2. The van der Waals surface area contributed by atoms with Gasteiger partial charge in [-0.05, 0) is 37.6 Å². The van der Waals surface area contributed by atoms with Crippen molar-refractivity contribution in [1.29, 1.82) is 0 Å². The molecular weight excluding hydrogens is 403 g/mol. The molecule has 0 fully saturated rings. The number of ether oxygens (including phenoxy) is 1. The van der Waals surface area contributed by atoms with Gasteiger partial charge in [0.05, 0.1) is 0 Å². The lowest BCUT2D eigenvalue weighted by molar-refractivity contribution is -0.151. The van der Waals surface area contributed by atoms with E-state index in [0.29, 0.717) is 17.0 Å². The zero-order valence-electron chi connectivity index (χ0n) is 17.1. The number of hydrogen-bond acceptors (Lipinski definition) is 8. The molecule has 0 aliphatic heterocycles. The van der Waals surface area contributed by atoms with E-state index in [4.69, 9.17) is 9.26 Å². The first-order chi connectivity index (χ1) is 14.9. The molecule has 2 aromatic heterocycles. The summed E-state index contributed by atoms with van der Waals surface area (Å²) in [6.45, 7) is 5.01. The van der Waals surface area contributed by atoms with E-state index in [1.54, 1.807) is 26.0 Å². The van der Waals surface area contributed by atoms with Crippen molar-refractivity contribution in [3.63, 3.8) is 0 Å². The second-order valence-corrected chi connectivity index (χ2v) is 7.06. The second kappa shape index (κ2) is 8.42. The molecule has 0 radical (unpaired) electrons. The molecule has 9 nitrogen and oxygen atoms in total. The number of hydrogen-bond donors (Lipinski definition) is 0. The molecule has 0 saturated heterocycles. The average Bonchev–Trinajstić information content (AvgIpc) is 3.41. The summed E-state index contributed by atoms with van der Waals surface area (Å²) in [5.41, 5.74) is 2.89. The summed E-state index contributed by atoms with van der Waals surface area (Å²) >= 11 is 0. The number of aromatic nitrogens is 6. The Balaban J connectivity index is 1.38. The summed E-state index contributed by atoms with van der Waals surface area (Å²) in [4.78, 5) is 17.6. The van der Waals surface area contributed by atoms with Crippen LogP contribution in [0.1, 0.15) is 30.0 Å². The highest BCUT2D eigenvalue weighted by Gasteiger charge is 2.20. The third-order valence-corrected chi connectivity index (χ3v) is 4.56. The van der Waals surface area contributed by atoms with E-state index in [1.807, 2.05) is 31.2 Å². The van der Waals surface area contributed by atoms with Crippen LogP contribution in [0.15, 0.2) is 47.0 Å². The van der Waals surface area contributed by atoms with Gasteiger partial charge in [-0.1, -0.05) is 47.1 Å². The van der Waals surface area contributed by atoms with Crippen LogP contribution in [0.2, 0.25) is 0 Å². The summed E-state index contributed by atoms with van der Waals surface area (Å²) in [7, 11) is 0. The van der Waals surface area contributed by atoms with Gasteiger partial charge in [0.1, 0.15) is 5.82 Å². The van der Waals surface area contributed by atoms with Crippen LogP contribution in [0.5, 0.6) is 0 Å². The highest BCUT2D eigenvalue weighted by molar-refractivity contribution is 5.69. The third kappa shape index (κ3) is 4.63. The fourth-order valence-electron chi connectivity index (χ4n) is 2.78. The molecule has 0 amide bonds. The number of tetrazole rings is 1. The molecule has 2 aromatic carbocycles. The minimum Gasteiger partial charge on any atom is -0.451 e. The molecule has 0 N–H and O–H groups in total. The highest BCUT2D eigenvalue weighted by atomic mass is 19.1. The standard InChI is InChI=1S/C21H19FN6O3/c1-12-4-7-15(8-5-12)20-24-27-28(25-20)11-18(29)30-14(3)21-23-19(26-31-21)16-9-6-13(2)17(22)10-16/h4-10,14H,11H2,1-3H3. The smallest absolute Gasteiger partial charge is 0.330 e. The van der Waals surface area contributed by atoms with Crippen molar-refractivity contribution in [1.82, 2.24) is 30.3 Å². The van der Waals surface area contributed by atoms with E-state index in [-0.39, 0.29) is 24.1 Å². The van der Waals surface area contributed by atoms with Gasteiger partial charge in [-0.2, -0.15) is 9.78 Å². The molecule has 0 spiro atoms. The van der Waals surface area contributed by atoms with Gasteiger partial charge in [-0.15, -0.1) is 10.2 Å². The minimum atomic E-state index is -0.802. The Labute approximate surface area is 176 Å². The zero-order chi connectivity index (χ0) is 22.0. The summed E-state index contributed by atoms with van der Waals surface area (Å²) in [6, 6.07) is 12.3. The van der Waals surface area contributed by atoms with E-state index in [9.17, 15) is 9.18 Å². The van der Waals surface area contributed by atoms with E-state index < -0.39 is 12.1 Å². The maximum atomic E-state index is 13.8. The third-order valence-electron chi connectivity index (χ3n) is 4.56. The van der Waals surface area contributed by atoms with Crippen LogP contribution >= 0.6 is 0 Å². The van der Waals surface area contributed by atoms with Crippen molar-refractivity contribution < 1.29 is 18.4 Å². The fourth-order valence-corrected chi connectivity index (χ4v) is 2.78. The SMILES string of the molecule is Cc1ccc(-c2nnn(CC(=O)OC(C)c3nc(-c4ccc(C)c(F)c4)no3)n2)cc1. The van der Waals surface area contributed by atoms with Crippen LogP contribution in [-0.4, -0.2) is 36.3 Å². The summed E-state index contributed by atoms with van der Waals surface area (Å²) in [5, 5.41) is 15.9. The lowest BCUT2D eigenvalue weighted by Gasteiger charge is -2.08. The molecule has 4 aromatic rings. The minimum absolute atomic E-state index is 0.0937. The predicted molar refractivity (Wildman–Crippen MR) is 107 cm³/mol. The quantitative estimate of drug-likeness (QED) is 0.435. The maximum Gasteiger partial charge on any atom is 0.330 e. The topological polar surface area (TPSA) is 109 Å². The van der Waals surface area contributed by atoms with Gasteiger partial charge in [-0.25, -0.2) is 9.18 Å². The lowest BCUT2D eigenvalue weighted by atomic mass is 10.1. The number of aryl methyl sites for hydroxylation is 2. The number of esters is 1. The number of carbonyl (C=O) groups excluding carboxylic acids is 1. The monoisotopic (exact) mass is 422 g/mol. The predicted octanol–water partition coefficient (Wildman–Crippen LogP) is 3.45. The largest absolute Gasteiger partial charge is 0.451 e. The van der Waals surface area contributed by atoms with Crippen LogP contribution in [-0.2, 0) is 16.1 Å². The van der Waals surface area contributed by atoms with Gasteiger partial charge >= 0.3 is 5.97 Å². The van der Waals surface area contributed by atoms with Crippen molar-refractivity contribution in [3.05, 3.63) is 65.3 Å². The Morgan fingerprint density at radius 3 is 2.61 bits per heavy atom. The zero-order valence-corrected chi connectivity index (χ0v) is 17.1. The van der Waals surface area contributed by atoms with Crippen molar-refractivity contribution in [3.8, 4) is 22.8 Å². The van der Waals surface area contributed by atoms with Crippen LogP contribution in [0, 0.1) is 19.7 Å². The Bertz CT molecular complexity index is 1220. The Hall–Kier alpha value is -3.95. The number of halogens is 1. The van der Waals surface area contributed by atoms with Crippen molar-refractivity contribution in [2.75, 3.05) is 0 Å². The van der Waals surface area contributed by atoms with Crippen molar-refractivity contribution in [2.24, 2.45) is 0 Å². The molecule has 0 saturated carbocycles. The average molecular weight is 422 g/mol. The molecule has 0 bridgehead atoms. The maximum absolute atomic E-state index is 13.8. The first-order valence-corrected chi connectivity index (χ1v) is 9.53. The molecule has 0 aliphatic rings. The highest BCUT2D eigenvalue weighted by Crippen LogP contribution is 2.22. The molecule has 1 unspecified atom stereocenters. The number of carbonyl (C=O) groups is 1. The summed E-state index contributed by atoms with van der Waals surface area (Å²) in [6.07, 6.45) is -0.802. The molecule has 4 rings (SSSR count). The Kier molecular flexibility index (Phi) is 5.52. The van der Waals surface area contributed by atoms with Gasteiger partial charge in [0, 0.05) is 11.1 Å². The van der Waals surface area contributed by atoms with Gasteiger partial charge in [0.25, 0.3) is 5.89 Å². The van der Waals surface area contributed by atoms with E-state index in [2.05, 4.69) is 25.6 Å². The molecule has 1 atom stereocenters. The molecule has 158 valence electrons.